The summed E-state index contributed by atoms with van der Waals surface area (Å²) in [7, 11) is 0. The van der Waals surface area contributed by atoms with Gasteiger partial charge in [-0.2, -0.15) is 0 Å². The highest BCUT2D eigenvalue weighted by atomic mass is 16.3. The largest absolute Gasteiger partial charge is 0.393 e. The van der Waals surface area contributed by atoms with Gasteiger partial charge in [0, 0.05) is 0 Å². The van der Waals surface area contributed by atoms with E-state index in [0.717, 1.165) is 0 Å². The molecule has 0 aliphatic rings. The molecule has 11 heavy (non-hydrogen) atoms. The predicted octanol–water partition coefficient (Wildman–Crippen LogP) is 1.47. The van der Waals surface area contributed by atoms with Gasteiger partial charge in [0.05, 0.1) is 11.7 Å². The van der Waals surface area contributed by atoms with Gasteiger partial charge < -0.3 is 10.2 Å². The first-order chi connectivity index (χ1) is 4.95. The van der Waals surface area contributed by atoms with Crippen LogP contribution in [0.1, 0.15) is 33.1 Å². The van der Waals surface area contributed by atoms with Gasteiger partial charge >= 0.3 is 0 Å². The summed E-state index contributed by atoms with van der Waals surface area (Å²) in [6.45, 7) is 7.01. The third-order valence-corrected chi connectivity index (χ3v) is 1.53. The normalized spacial score (nSPS) is 14.5. The zero-order valence-corrected chi connectivity index (χ0v) is 7.38. The molecule has 2 heteroatoms. The lowest BCUT2D eigenvalue weighted by Gasteiger charge is -2.18. The van der Waals surface area contributed by atoms with E-state index < -0.39 is 5.60 Å². The van der Waals surface area contributed by atoms with Crippen molar-refractivity contribution in [2.75, 3.05) is 0 Å². The van der Waals surface area contributed by atoms with Crippen molar-refractivity contribution in [3.8, 4) is 0 Å². The van der Waals surface area contributed by atoms with Crippen molar-refractivity contribution in [1.29, 1.82) is 0 Å². The lowest BCUT2D eigenvalue weighted by Crippen LogP contribution is -2.21. The molecule has 1 atom stereocenters. The van der Waals surface area contributed by atoms with Crippen molar-refractivity contribution in [1.82, 2.24) is 0 Å². The lowest BCUT2D eigenvalue weighted by molar-refractivity contribution is 0.0493. The maximum atomic E-state index is 9.30. The van der Waals surface area contributed by atoms with Crippen LogP contribution >= 0.6 is 0 Å². The molecule has 0 aromatic heterocycles. The molecular weight excluding hydrogens is 140 g/mol. The van der Waals surface area contributed by atoms with E-state index >= 15 is 0 Å². The topological polar surface area (TPSA) is 40.5 Å². The maximum absolute atomic E-state index is 9.30. The standard InChI is InChI=1S/C9H18O2/c1-4-5-8(10)6-7-9(2,3)11/h4,8,10-11H,1,5-7H2,2-3H3. The van der Waals surface area contributed by atoms with Crippen molar-refractivity contribution in [3.05, 3.63) is 12.7 Å². The van der Waals surface area contributed by atoms with Crippen LogP contribution in [0.4, 0.5) is 0 Å². The third-order valence-electron chi connectivity index (χ3n) is 1.53. The van der Waals surface area contributed by atoms with Crippen molar-refractivity contribution >= 4 is 0 Å². The Hall–Kier alpha value is -0.340. The highest BCUT2D eigenvalue weighted by Gasteiger charge is 2.14. The van der Waals surface area contributed by atoms with Crippen LogP contribution in [0.2, 0.25) is 0 Å². The molecular formula is C9H18O2. The molecule has 0 aliphatic carbocycles. The van der Waals surface area contributed by atoms with E-state index in [-0.39, 0.29) is 6.10 Å². The van der Waals surface area contributed by atoms with E-state index in [1.54, 1.807) is 19.9 Å². The summed E-state index contributed by atoms with van der Waals surface area (Å²) in [6, 6.07) is 0. The van der Waals surface area contributed by atoms with Crippen LogP contribution < -0.4 is 0 Å². The summed E-state index contributed by atoms with van der Waals surface area (Å²) < 4.78 is 0. The van der Waals surface area contributed by atoms with E-state index in [9.17, 15) is 10.2 Å². The summed E-state index contributed by atoms with van der Waals surface area (Å²) in [6.07, 6.45) is 3.21. The van der Waals surface area contributed by atoms with Gasteiger partial charge in [0.15, 0.2) is 0 Å². The SMILES string of the molecule is C=CCC(O)CCC(C)(C)O. The van der Waals surface area contributed by atoms with Crippen LogP contribution in [0, 0.1) is 0 Å². The van der Waals surface area contributed by atoms with E-state index in [0.29, 0.717) is 19.3 Å². The second kappa shape index (κ2) is 4.52. The quantitative estimate of drug-likeness (QED) is 0.595. The van der Waals surface area contributed by atoms with Gasteiger partial charge in [-0.1, -0.05) is 6.08 Å². The fourth-order valence-electron chi connectivity index (χ4n) is 0.830. The Kier molecular flexibility index (Phi) is 4.38. The number of hydrogen-bond donors (Lipinski definition) is 2. The van der Waals surface area contributed by atoms with Crippen molar-refractivity contribution in [2.45, 2.75) is 44.8 Å². The molecule has 0 bridgehead atoms. The zero-order valence-electron chi connectivity index (χ0n) is 7.38. The molecule has 0 saturated carbocycles. The first-order valence-corrected chi connectivity index (χ1v) is 3.97. The number of hydrogen-bond acceptors (Lipinski definition) is 2. The van der Waals surface area contributed by atoms with Crippen LogP contribution in [0.25, 0.3) is 0 Å². The molecule has 2 N–H and O–H groups in total. The van der Waals surface area contributed by atoms with Crippen LogP contribution in [0.5, 0.6) is 0 Å². The van der Waals surface area contributed by atoms with E-state index in [1.807, 2.05) is 0 Å². The molecule has 2 nitrogen and oxygen atoms in total. The first kappa shape index (κ1) is 10.7. The van der Waals surface area contributed by atoms with E-state index in [1.165, 1.54) is 0 Å². The van der Waals surface area contributed by atoms with Gasteiger partial charge in [-0.05, 0) is 33.1 Å². The Labute approximate surface area is 68.6 Å². The molecule has 0 rings (SSSR count). The number of aliphatic hydroxyl groups is 2. The first-order valence-electron chi connectivity index (χ1n) is 3.97. The predicted molar refractivity (Wildman–Crippen MR) is 46.4 cm³/mol. The molecule has 0 aliphatic heterocycles. The Bertz CT molecular complexity index is 113. The highest BCUT2D eigenvalue weighted by molar-refractivity contribution is 4.75. The van der Waals surface area contributed by atoms with Crippen molar-refractivity contribution < 1.29 is 10.2 Å². The lowest BCUT2D eigenvalue weighted by atomic mass is 9.99. The Morgan fingerprint density at radius 3 is 2.45 bits per heavy atom. The number of rotatable bonds is 5. The molecule has 0 aromatic carbocycles. The minimum Gasteiger partial charge on any atom is -0.393 e. The number of aliphatic hydroxyl groups excluding tert-OH is 1. The fraction of sp³-hybridized carbons (Fsp3) is 0.778. The molecule has 0 amide bonds. The second-order valence-electron chi connectivity index (χ2n) is 3.53. The van der Waals surface area contributed by atoms with Gasteiger partial charge in [-0.3, -0.25) is 0 Å². The zero-order chi connectivity index (χ0) is 8.91. The minimum atomic E-state index is -0.665. The molecule has 0 aromatic rings. The Morgan fingerprint density at radius 1 is 1.55 bits per heavy atom. The fourth-order valence-corrected chi connectivity index (χ4v) is 0.830. The van der Waals surface area contributed by atoms with Crippen molar-refractivity contribution in [2.24, 2.45) is 0 Å². The van der Waals surface area contributed by atoms with Crippen LogP contribution in [-0.4, -0.2) is 21.9 Å². The average Bonchev–Trinajstić information content (AvgIpc) is 1.83. The van der Waals surface area contributed by atoms with E-state index in [2.05, 4.69) is 6.58 Å². The highest BCUT2D eigenvalue weighted by Crippen LogP contribution is 2.13. The van der Waals surface area contributed by atoms with Gasteiger partial charge in [-0.25, -0.2) is 0 Å². The molecule has 0 saturated heterocycles. The van der Waals surface area contributed by atoms with Gasteiger partial charge in [0.1, 0.15) is 0 Å². The molecule has 0 radical (unpaired) electrons. The Balaban J connectivity index is 3.45. The summed E-state index contributed by atoms with van der Waals surface area (Å²) in [5.41, 5.74) is -0.665. The summed E-state index contributed by atoms with van der Waals surface area (Å²) >= 11 is 0. The molecule has 1 unspecified atom stereocenters. The average molecular weight is 158 g/mol. The van der Waals surface area contributed by atoms with Crippen LogP contribution in [0.15, 0.2) is 12.7 Å². The van der Waals surface area contributed by atoms with Gasteiger partial charge in [0.2, 0.25) is 0 Å². The smallest absolute Gasteiger partial charge is 0.0592 e. The molecule has 0 spiro atoms. The van der Waals surface area contributed by atoms with E-state index in [4.69, 9.17) is 0 Å². The Morgan fingerprint density at radius 2 is 2.09 bits per heavy atom. The van der Waals surface area contributed by atoms with Crippen LogP contribution in [-0.2, 0) is 0 Å². The second-order valence-corrected chi connectivity index (χ2v) is 3.53. The molecule has 66 valence electrons. The summed E-state index contributed by atoms with van der Waals surface area (Å²) in [5.74, 6) is 0. The van der Waals surface area contributed by atoms with Crippen molar-refractivity contribution in [3.63, 3.8) is 0 Å². The van der Waals surface area contributed by atoms with Gasteiger partial charge in [0.25, 0.3) is 0 Å². The third kappa shape index (κ3) is 7.56. The monoisotopic (exact) mass is 158 g/mol. The summed E-state index contributed by atoms with van der Waals surface area (Å²) in [5, 5.41) is 18.5. The minimum absolute atomic E-state index is 0.348. The molecule has 0 heterocycles. The maximum Gasteiger partial charge on any atom is 0.0592 e. The molecule has 0 fully saturated rings. The van der Waals surface area contributed by atoms with Gasteiger partial charge in [-0.15, -0.1) is 6.58 Å². The summed E-state index contributed by atoms with van der Waals surface area (Å²) in [4.78, 5) is 0. The van der Waals surface area contributed by atoms with Crippen LogP contribution in [0.3, 0.4) is 0 Å².